The molecular weight excluding hydrogens is 351 g/mol. The Balaban J connectivity index is 1.64. The fourth-order valence-corrected chi connectivity index (χ4v) is 3.09. The highest BCUT2D eigenvalue weighted by Gasteiger charge is 2.47. The monoisotopic (exact) mass is 372 g/mol. The lowest BCUT2D eigenvalue weighted by atomic mass is 9.92. The van der Waals surface area contributed by atoms with E-state index in [0.29, 0.717) is 17.9 Å². The molecule has 0 radical (unpaired) electrons. The second-order valence-electron chi connectivity index (χ2n) is 6.51. The number of rotatable bonds is 7. The number of nitrogens with zero attached hydrogens (tertiary/aromatic N) is 1. The number of hydrogen-bond donors (Lipinski definition) is 1. The lowest BCUT2D eigenvalue weighted by Crippen LogP contribution is -2.46. The fourth-order valence-electron chi connectivity index (χ4n) is 3.09. The summed E-state index contributed by atoms with van der Waals surface area (Å²) in [5.41, 5.74) is -0.220. The molecule has 0 aliphatic carbocycles. The highest BCUT2D eigenvalue weighted by atomic mass is 19.1. The molecule has 27 heavy (non-hydrogen) atoms. The Labute approximate surface area is 156 Å². The maximum Gasteiger partial charge on any atom is 0.325 e. The first-order valence-electron chi connectivity index (χ1n) is 8.57. The predicted molar refractivity (Wildman–Crippen MR) is 97.2 cm³/mol. The molecule has 0 bridgehead atoms. The number of halogens is 1. The van der Waals surface area contributed by atoms with Crippen molar-refractivity contribution in [1.29, 1.82) is 0 Å². The third kappa shape index (κ3) is 4.02. The molecule has 1 atom stereocenters. The molecule has 1 N–H and O–H groups in total. The first-order chi connectivity index (χ1) is 12.9. The smallest absolute Gasteiger partial charge is 0.325 e. The summed E-state index contributed by atoms with van der Waals surface area (Å²) < 4.78 is 23.7. The molecule has 0 saturated carbocycles. The molecule has 0 spiro atoms. The summed E-state index contributed by atoms with van der Waals surface area (Å²) in [5, 5.41) is 2.76. The Morgan fingerprint density at radius 3 is 2.52 bits per heavy atom. The molecule has 3 rings (SSSR count). The number of hydrogen-bond acceptors (Lipinski definition) is 4. The van der Waals surface area contributed by atoms with Crippen LogP contribution in [0.15, 0.2) is 48.5 Å². The van der Waals surface area contributed by atoms with Gasteiger partial charge in [-0.25, -0.2) is 9.18 Å². The molecule has 0 unspecified atom stereocenters. The van der Waals surface area contributed by atoms with Crippen molar-refractivity contribution in [3.8, 4) is 11.5 Å². The zero-order valence-corrected chi connectivity index (χ0v) is 15.2. The molecule has 0 aromatic heterocycles. The van der Waals surface area contributed by atoms with Crippen LogP contribution in [0.4, 0.5) is 9.18 Å². The molecule has 1 aliphatic heterocycles. The second-order valence-corrected chi connectivity index (χ2v) is 6.51. The van der Waals surface area contributed by atoms with E-state index in [2.05, 4.69) is 5.32 Å². The van der Waals surface area contributed by atoms with Crippen LogP contribution in [0.25, 0.3) is 0 Å². The van der Waals surface area contributed by atoms with Crippen molar-refractivity contribution in [1.82, 2.24) is 10.2 Å². The SMILES string of the molecule is COc1ccccc1C[C@@]1(C)NC(=O)N(CCOc2ccc(F)cc2)C1=O. The summed E-state index contributed by atoms with van der Waals surface area (Å²) in [6.45, 7) is 1.92. The first kappa shape index (κ1) is 18.7. The molecule has 142 valence electrons. The van der Waals surface area contributed by atoms with E-state index in [0.717, 1.165) is 10.5 Å². The summed E-state index contributed by atoms with van der Waals surface area (Å²) in [5.74, 6) is 0.462. The van der Waals surface area contributed by atoms with E-state index in [9.17, 15) is 14.0 Å². The highest BCUT2D eigenvalue weighted by Crippen LogP contribution is 2.27. The summed E-state index contributed by atoms with van der Waals surface area (Å²) in [7, 11) is 1.56. The molecular formula is C20H21FN2O4. The number of carbonyl (C=O) groups excluding carboxylic acids is 2. The minimum absolute atomic E-state index is 0.101. The van der Waals surface area contributed by atoms with Gasteiger partial charge in [0.2, 0.25) is 0 Å². The Morgan fingerprint density at radius 2 is 1.81 bits per heavy atom. The van der Waals surface area contributed by atoms with Crippen LogP contribution in [-0.4, -0.2) is 42.6 Å². The van der Waals surface area contributed by atoms with Crippen LogP contribution in [0.3, 0.4) is 0 Å². The molecule has 6 nitrogen and oxygen atoms in total. The van der Waals surface area contributed by atoms with Crippen molar-refractivity contribution in [2.75, 3.05) is 20.3 Å². The van der Waals surface area contributed by atoms with Crippen LogP contribution >= 0.6 is 0 Å². The van der Waals surface area contributed by atoms with Crippen molar-refractivity contribution in [2.24, 2.45) is 0 Å². The molecule has 1 heterocycles. The average molecular weight is 372 g/mol. The van der Waals surface area contributed by atoms with E-state index in [1.165, 1.54) is 24.3 Å². The maximum absolute atomic E-state index is 12.9. The average Bonchev–Trinajstić information content (AvgIpc) is 2.86. The van der Waals surface area contributed by atoms with Gasteiger partial charge in [-0.05, 0) is 42.8 Å². The number of amides is 3. The number of carbonyl (C=O) groups is 2. The van der Waals surface area contributed by atoms with Crippen molar-refractivity contribution < 1.29 is 23.5 Å². The van der Waals surface area contributed by atoms with Crippen LogP contribution in [0.1, 0.15) is 12.5 Å². The van der Waals surface area contributed by atoms with Gasteiger partial charge < -0.3 is 14.8 Å². The molecule has 7 heteroatoms. The molecule has 2 aromatic rings. The van der Waals surface area contributed by atoms with Gasteiger partial charge in [-0.1, -0.05) is 18.2 Å². The van der Waals surface area contributed by atoms with E-state index in [4.69, 9.17) is 9.47 Å². The van der Waals surface area contributed by atoms with Crippen molar-refractivity contribution >= 4 is 11.9 Å². The van der Waals surface area contributed by atoms with E-state index < -0.39 is 11.6 Å². The number of methoxy groups -OCH3 is 1. The van der Waals surface area contributed by atoms with Crippen LogP contribution in [0, 0.1) is 5.82 Å². The van der Waals surface area contributed by atoms with Gasteiger partial charge in [0, 0.05) is 6.42 Å². The van der Waals surface area contributed by atoms with Gasteiger partial charge in [0.1, 0.15) is 29.5 Å². The molecule has 2 aromatic carbocycles. The fraction of sp³-hybridized carbons (Fsp3) is 0.300. The van der Waals surface area contributed by atoms with E-state index in [1.54, 1.807) is 14.0 Å². The van der Waals surface area contributed by atoms with Gasteiger partial charge in [0.05, 0.1) is 13.7 Å². The van der Waals surface area contributed by atoms with E-state index in [-0.39, 0.29) is 24.9 Å². The van der Waals surface area contributed by atoms with Crippen LogP contribution in [0.2, 0.25) is 0 Å². The Bertz CT molecular complexity index is 840. The van der Waals surface area contributed by atoms with E-state index >= 15 is 0 Å². The third-order valence-corrected chi connectivity index (χ3v) is 4.48. The van der Waals surface area contributed by atoms with E-state index in [1.807, 2.05) is 24.3 Å². The van der Waals surface area contributed by atoms with Gasteiger partial charge in [0.15, 0.2) is 0 Å². The summed E-state index contributed by atoms with van der Waals surface area (Å²) >= 11 is 0. The summed E-state index contributed by atoms with van der Waals surface area (Å²) in [4.78, 5) is 26.3. The lowest BCUT2D eigenvalue weighted by molar-refractivity contribution is -0.131. The number of urea groups is 1. The quantitative estimate of drug-likeness (QED) is 0.759. The molecule has 3 amide bonds. The van der Waals surface area contributed by atoms with Crippen LogP contribution in [-0.2, 0) is 11.2 Å². The second kappa shape index (κ2) is 7.65. The van der Waals surface area contributed by atoms with Gasteiger partial charge in [0.25, 0.3) is 5.91 Å². The zero-order chi connectivity index (χ0) is 19.4. The summed E-state index contributed by atoms with van der Waals surface area (Å²) in [6, 6.07) is 12.5. The van der Waals surface area contributed by atoms with Gasteiger partial charge in [-0.2, -0.15) is 0 Å². The minimum atomic E-state index is -1.05. The number of imide groups is 1. The molecule has 1 saturated heterocycles. The van der Waals surface area contributed by atoms with Crippen molar-refractivity contribution in [3.05, 3.63) is 59.9 Å². The van der Waals surface area contributed by atoms with Gasteiger partial charge >= 0.3 is 6.03 Å². The number of ether oxygens (including phenoxy) is 2. The Kier molecular flexibility index (Phi) is 5.30. The largest absolute Gasteiger partial charge is 0.496 e. The van der Waals surface area contributed by atoms with Crippen molar-refractivity contribution in [3.63, 3.8) is 0 Å². The van der Waals surface area contributed by atoms with Crippen LogP contribution in [0.5, 0.6) is 11.5 Å². The zero-order valence-electron chi connectivity index (χ0n) is 15.2. The lowest BCUT2D eigenvalue weighted by Gasteiger charge is -2.23. The third-order valence-electron chi connectivity index (χ3n) is 4.48. The standard InChI is InChI=1S/C20H21FN2O4/c1-20(13-14-5-3-4-6-17(14)26-2)18(24)23(19(25)22-20)11-12-27-16-9-7-15(21)8-10-16/h3-10H,11-13H2,1-2H3,(H,22,25)/t20-/m1/s1. The number of para-hydroxylation sites is 1. The minimum Gasteiger partial charge on any atom is -0.496 e. The maximum atomic E-state index is 12.9. The Morgan fingerprint density at radius 1 is 1.11 bits per heavy atom. The van der Waals surface area contributed by atoms with Gasteiger partial charge in [-0.3, -0.25) is 9.69 Å². The predicted octanol–water partition coefficient (Wildman–Crippen LogP) is 2.77. The van der Waals surface area contributed by atoms with Crippen LogP contribution < -0.4 is 14.8 Å². The molecule has 1 aliphatic rings. The number of benzene rings is 2. The topological polar surface area (TPSA) is 67.9 Å². The normalized spacial score (nSPS) is 19.1. The Hall–Kier alpha value is -3.09. The van der Waals surface area contributed by atoms with Gasteiger partial charge in [-0.15, -0.1) is 0 Å². The highest BCUT2D eigenvalue weighted by molar-refractivity contribution is 6.07. The number of nitrogens with one attached hydrogen (secondary N) is 1. The first-order valence-corrected chi connectivity index (χ1v) is 8.57. The van der Waals surface area contributed by atoms with Crippen molar-refractivity contribution in [2.45, 2.75) is 18.9 Å². The molecule has 1 fully saturated rings. The summed E-state index contributed by atoms with van der Waals surface area (Å²) in [6.07, 6.45) is 0.316.